The molecule has 0 spiro atoms. The lowest BCUT2D eigenvalue weighted by molar-refractivity contribution is -0.132. The Kier molecular flexibility index (Phi) is 4.51. The van der Waals surface area contributed by atoms with Crippen LogP contribution in [0.1, 0.15) is 16.9 Å². The molecule has 1 amide bonds. The smallest absolute Gasteiger partial charge is 0.296 e. The lowest BCUT2D eigenvalue weighted by Gasteiger charge is -2.32. The van der Waals surface area contributed by atoms with Gasteiger partial charge in [-0.3, -0.25) is 9.59 Å². The number of amides is 1. The number of pyridine rings is 1. The van der Waals surface area contributed by atoms with Crippen LogP contribution in [0.3, 0.4) is 0 Å². The maximum atomic E-state index is 13.1. The van der Waals surface area contributed by atoms with E-state index in [2.05, 4.69) is 0 Å². The van der Waals surface area contributed by atoms with E-state index < -0.39 is 23.9 Å². The first-order valence-electron chi connectivity index (χ1n) is 8.91. The standard InChI is InChI=1S/C21H20N2O4/c24-17-9-11-22(13-18(17)25)21(27)20(26)19-16(14-6-2-1-3-7-14)12-15-8-4-5-10-23(15)19/h1-8,10,12,17-18,24-25H,9,11,13H2/t17-,18-/m0/s1. The Hall–Kier alpha value is -2.96. The molecule has 6 nitrogen and oxygen atoms in total. The minimum Gasteiger partial charge on any atom is -0.390 e. The Morgan fingerprint density at radius 3 is 2.44 bits per heavy atom. The molecule has 6 heteroatoms. The van der Waals surface area contributed by atoms with Crippen molar-refractivity contribution in [3.8, 4) is 11.1 Å². The van der Waals surface area contributed by atoms with Crippen molar-refractivity contribution in [3.63, 3.8) is 0 Å². The normalized spacial score (nSPS) is 20.0. The summed E-state index contributed by atoms with van der Waals surface area (Å²) in [5, 5.41) is 19.5. The SMILES string of the molecule is O=C(C(=O)N1CC[C@H](O)[C@@H](O)C1)c1c(-c2ccccc2)cc2ccccn12. The second kappa shape index (κ2) is 6.98. The van der Waals surface area contributed by atoms with Crippen molar-refractivity contribution in [2.24, 2.45) is 0 Å². The molecule has 1 aliphatic heterocycles. The van der Waals surface area contributed by atoms with E-state index in [1.807, 2.05) is 54.6 Å². The number of carbonyl (C=O) groups excluding carboxylic acids is 2. The molecule has 27 heavy (non-hydrogen) atoms. The third kappa shape index (κ3) is 3.13. The van der Waals surface area contributed by atoms with E-state index in [1.54, 1.807) is 10.6 Å². The third-order valence-electron chi connectivity index (χ3n) is 5.01. The molecule has 2 N–H and O–H groups in total. The molecule has 1 fully saturated rings. The number of aromatic nitrogens is 1. The van der Waals surface area contributed by atoms with Gasteiger partial charge in [-0.25, -0.2) is 0 Å². The van der Waals surface area contributed by atoms with Crippen molar-refractivity contribution < 1.29 is 19.8 Å². The number of hydrogen-bond donors (Lipinski definition) is 2. The summed E-state index contributed by atoms with van der Waals surface area (Å²) in [6.45, 7) is 0.197. The van der Waals surface area contributed by atoms with Gasteiger partial charge in [0.25, 0.3) is 11.7 Å². The predicted molar refractivity (Wildman–Crippen MR) is 100 cm³/mol. The Morgan fingerprint density at radius 1 is 0.963 bits per heavy atom. The number of benzene rings is 1. The van der Waals surface area contributed by atoms with Crippen molar-refractivity contribution >= 4 is 17.2 Å². The zero-order valence-electron chi connectivity index (χ0n) is 14.7. The first kappa shape index (κ1) is 17.5. The van der Waals surface area contributed by atoms with Crippen LogP contribution in [-0.4, -0.2) is 56.5 Å². The maximum absolute atomic E-state index is 13.1. The molecule has 0 unspecified atom stereocenters. The fourth-order valence-electron chi connectivity index (χ4n) is 3.54. The highest BCUT2D eigenvalue weighted by Crippen LogP contribution is 2.28. The summed E-state index contributed by atoms with van der Waals surface area (Å²) in [6.07, 6.45) is 0.115. The zero-order chi connectivity index (χ0) is 19.0. The number of likely N-dealkylation sites (tertiary alicyclic amines) is 1. The molecule has 1 aromatic carbocycles. The number of aliphatic hydroxyl groups is 2. The van der Waals surface area contributed by atoms with Crippen LogP contribution in [0.5, 0.6) is 0 Å². The Labute approximate surface area is 156 Å². The van der Waals surface area contributed by atoms with E-state index in [0.717, 1.165) is 11.1 Å². The Balaban J connectivity index is 1.76. The van der Waals surface area contributed by atoms with Gasteiger partial charge < -0.3 is 19.5 Å². The molecule has 0 aliphatic carbocycles. The van der Waals surface area contributed by atoms with E-state index in [-0.39, 0.29) is 19.5 Å². The van der Waals surface area contributed by atoms with E-state index in [1.165, 1.54) is 4.90 Å². The first-order valence-corrected chi connectivity index (χ1v) is 8.91. The van der Waals surface area contributed by atoms with Crippen LogP contribution in [0, 0.1) is 0 Å². The number of hydrogen-bond acceptors (Lipinski definition) is 4. The lowest BCUT2D eigenvalue weighted by Crippen LogP contribution is -2.51. The molecular formula is C21H20N2O4. The van der Waals surface area contributed by atoms with Gasteiger partial charge in [0, 0.05) is 30.4 Å². The fraction of sp³-hybridized carbons (Fsp3) is 0.238. The minimum atomic E-state index is -1.03. The van der Waals surface area contributed by atoms with E-state index in [9.17, 15) is 19.8 Å². The van der Waals surface area contributed by atoms with E-state index in [4.69, 9.17) is 0 Å². The highest BCUT2D eigenvalue weighted by molar-refractivity contribution is 6.43. The van der Waals surface area contributed by atoms with Crippen LogP contribution >= 0.6 is 0 Å². The van der Waals surface area contributed by atoms with Gasteiger partial charge in [-0.15, -0.1) is 0 Å². The first-order chi connectivity index (χ1) is 13.1. The van der Waals surface area contributed by atoms with Gasteiger partial charge in [-0.1, -0.05) is 36.4 Å². The van der Waals surface area contributed by atoms with Crippen LogP contribution in [-0.2, 0) is 4.79 Å². The van der Waals surface area contributed by atoms with Crippen LogP contribution in [0.2, 0.25) is 0 Å². The second-order valence-corrected chi connectivity index (χ2v) is 6.77. The monoisotopic (exact) mass is 364 g/mol. The molecule has 1 saturated heterocycles. The molecule has 1 aliphatic rings. The molecule has 2 aromatic heterocycles. The highest BCUT2D eigenvalue weighted by atomic mass is 16.3. The van der Waals surface area contributed by atoms with Gasteiger partial charge in [0.1, 0.15) is 5.69 Å². The average Bonchev–Trinajstić information content (AvgIpc) is 3.09. The van der Waals surface area contributed by atoms with Gasteiger partial charge in [0.05, 0.1) is 12.2 Å². The number of rotatable bonds is 3. The summed E-state index contributed by atoms with van der Waals surface area (Å²) in [5.74, 6) is -1.29. The highest BCUT2D eigenvalue weighted by Gasteiger charge is 2.34. The number of β-amino-alcohol motifs (C(OH)–C–C–N with tert-alkyl or cyclic N) is 1. The molecular weight excluding hydrogens is 344 g/mol. The Bertz CT molecular complexity index is 996. The van der Waals surface area contributed by atoms with Gasteiger partial charge in [-0.05, 0) is 30.2 Å². The summed E-state index contributed by atoms with van der Waals surface area (Å²) in [6, 6.07) is 16.9. The summed E-state index contributed by atoms with van der Waals surface area (Å²) >= 11 is 0. The molecule has 0 radical (unpaired) electrons. The number of nitrogens with zero attached hydrogens (tertiary/aromatic N) is 2. The summed E-state index contributed by atoms with van der Waals surface area (Å²) in [7, 11) is 0. The predicted octanol–water partition coefficient (Wildman–Crippen LogP) is 1.74. The summed E-state index contributed by atoms with van der Waals surface area (Å²) in [5.41, 5.74) is 2.67. The van der Waals surface area contributed by atoms with E-state index >= 15 is 0 Å². The van der Waals surface area contributed by atoms with Gasteiger partial charge >= 0.3 is 0 Å². The molecule has 0 bridgehead atoms. The number of piperidine rings is 1. The van der Waals surface area contributed by atoms with Crippen molar-refractivity contribution in [2.75, 3.05) is 13.1 Å². The van der Waals surface area contributed by atoms with Crippen molar-refractivity contribution in [1.29, 1.82) is 0 Å². The van der Waals surface area contributed by atoms with Crippen LogP contribution in [0.4, 0.5) is 0 Å². The quantitative estimate of drug-likeness (QED) is 0.548. The van der Waals surface area contributed by atoms with Crippen molar-refractivity contribution in [2.45, 2.75) is 18.6 Å². The van der Waals surface area contributed by atoms with Crippen LogP contribution < -0.4 is 0 Å². The number of carbonyl (C=O) groups is 2. The molecule has 0 saturated carbocycles. The fourth-order valence-corrected chi connectivity index (χ4v) is 3.54. The molecule has 3 aromatic rings. The Morgan fingerprint density at radius 2 is 1.70 bits per heavy atom. The number of ketones is 1. The largest absolute Gasteiger partial charge is 0.390 e. The number of fused-ring (bicyclic) bond motifs is 1. The number of aliphatic hydroxyl groups excluding tert-OH is 2. The maximum Gasteiger partial charge on any atom is 0.296 e. The third-order valence-corrected chi connectivity index (χ3v) is 5.01. The molecule has 138 valence electrons. The topological polar surface area (TPSA) is 82.2 Å². The van der Waals surface area contributed by atoms with Gasteiger partial charge in [-0.2, -0.15) is 0 Å². The molecule has 2 atom stereocenters. The number of Topliss-reactive ketones (excluding diaryl/α,β-unsaturated/α-hetero) is 1. The lowest BCUT2D eigenvalue weighted by atomic mass is 10.0. The van der Waals surface area contributed by atoms with Crippen LogP contribution in [0.15, 0.2) is 60.8 Å². The average molecular weight is 364 g/mol. The van der Waals surface area contributed by atoms with Crippen LogP contribution in [0.25, 0.3) is 16.6 Å². The van der Waals surface area contributed by atoms with Gasteiger partial charge in [0.15, 0.2) is 0 Å². The second-order valence-electron chi connectivity index (χ2n) is 6.77. The molecule has 4 rings (SSSR count). The zero-order valence-corrected chi connectivity index (χ0v) is 14.7. The van der Waals surface area contributed by atoms with E-state index in [0.29, 0.717) is 11.3 Å². The van der Waals surface area contributed by atoms with Crippen molar-refractivity contribution in [3.05, 3.63) is 66.5 Å². The van der Waals surface area contributed by atoms with Gasteiger partial charge in [0.2, 0.25) is 0 Å². The van der Waals surface area contributed by atoms with Crippen molar-refractivity contribution in [1.82, 2.24) is 9.30 Å². The molecule has 3 heterocycles. The summed E-state index contributed by atoms with van der Waals surface area (Å²) < 4.78 is 1.72. The summed E-state index contributed by atoms with van der Waals surface area (Å²) in [4.78, 5) is 27.3. The minimum absolute atomic E-state index is 0.0459.